The lowest BCUT2D eigenvalue weighted by atomic mass is 10.4. The summed E-state index contributed by atoms with van der Waals surface area (Å²) in [5.41, 5.74) is 0. The van der Waals surface area contributed by atoms with Crippen molar-refractivity contribution in [1.82, 2.24) is 0 Å². The van der Waals surface area contributed by atoms with E-state index in [9.17, 15) is 0 Å². The molecule has 0 spiro atoms. The molecule has 0 bridgehead atoms. The SMILES string of the molecule is C[Si](C)(C)CCC[CH]S. The smallest absolute Gasteiger partial charge is 0.0442 e. The minimum Gasteiger partial charge on any atom is -0.175 e. The highest BCUT2D eigenvalue weighted by Crippen LogP contribution is 2.13. The molecule has 9 heavy (non-hydrogen) atoms. The predicted octanol–water partition coefficient (Wildman–Crippen LogP) is 3.20. The van der Waals surface area contributed by atoms with Crippen molar-refractivity contribution >= 4 is 20.7 Å². The summed E-state index contributed by atoms with van der Waals surface area (Å²) in [7, 11) is -0.748. The van der Waals surface area contributed by atoms with Crippen LogP contribution in [0.5, 0.6) is 0 Å². The molecule has 0 atom stereocenters. The molecule has 0 aliphatic carbocycles. The van der Waals surface area contributed by atoms with Gasteiger partial charge in [0, 0.05) is 13.8 Å². The zero-order chi connectivity index (χ0) is 7.33. The normalized spacial score (nSPS) is 12.0. The molecule has 0 unspecified atom stereocenters. The monoisotopic (exact) mass is 161 g/mol. The first-order valence-electron chi connectivity index (χ1n) is 3.52. The molecule has 1 radical (unpaired) electrons. The summed E-state index contributed by atoms with van der Waals surface area (Å²) < 4.78 is 0. The summed E-state index contributed by atoms with van der Waals surface area (Å²) in [4.78, 5) is 0. The Morgan fingerprint density at radius 3 is 2.22 bits per heavy atom. The first kappa shape index (κ1) is 9.57. The topological polar surface area (TPSA) is 0 Å². The molecule has 0 heterocycles. The molecule has 2 heteroatoms. The number of hydrogen-bond acceptors (Lipinski definition) is 1. The van der Waals surface area contributed by atoms with Crippen LogP contribution in [0.25, 0.3) is 0 Å². The van der Waals surface area contributed by atoms with Crippen LogP contribution in [0, 0.1) is 5.75 Å². The first-order chi connectivity index (χ1) is 4.06. The van der Waals surface area contributed by atoms with Crippen LogP contribution in [0.1, 0.15) is 12.8 Å². The molecule has 0 aromatic rings. The molecule has 0 saturated carbocycles. The van der Waals surface area contributed by atoms with E-state index < -0.39 is 8.07 Å². The zero-order valence-electron chi connectivity index (χ0n) is 6.65. The summed E-state index contributed by atoms with van der Waals surface area (Å²) in [6, 6.07) is 1.43. The lowest BCUT2D eigenvalue weighted by Gasteiger charge is -2.14. The third kappa shape index (κ3) is 8.57. The van der Waals surface area contributed by atoms with Crippen molar-refractivity contribution in [3.05, 3.63) is 5.75 Å². The van der Waals surface area contributed by atoms with Gasteiger partial charge in [-0.05, 0) is 6.42 Å². The third-order valence-electron chi connectivity index (χ3n) is 1.26. The highest BCUT2D eigenvalue weighted by Gasteiger charge is 2.10. The molecule has 0 saturated heterocycles. The van der Waals surface area contributed by atoms with Crippen LogP contribution in [-0.2, 0) is 0 Å². The van der Waals surface area contributed by atoms with Crippen LogP contribution in [-0.4, -0.2) is 8.07 Å². The van der Waals surface area contributed by atoms with Crippen LogP contribution in [0.2, 0.25) is 25.7 Å². The molecule has 0 N–H and O–H groups in total. The summed E-state index contributed by atoms with van der Waals surface area (Å²) >= 11 is 4.04. The minimum atomic E-state index is -0.748. The van der Waals surface area contributed by atoms with Crippen molar-refractivity contribution in [3.63, 3.8) is 0 Å². The van der Waals surface area contributed by atoms with E-state index in [0.29, 0.717) is 0 Å². The Hall–Kier alpha value is 0.567. The number of hydrogen-bond donors (Lipinski definition) is 1. The molecule has 55 valence electrons. The summed E-state index contributed by atoms with van der Waals surface area (Å²) in [5.74, 6) is 1.96. The van der Waals surface area contributed by atoms with Gasteiger partial charge in [0.1, 0.15) is 0 Å². The summed E-state index contributed by atoms with van der Waals surface area (Å²) in [6.45, 7) is 7.22. The van der Waals surface area contributed by atoms with Crippen LogP contribution in [0.15, 0.2) is 0 Å². The Balaban J connectivity index is 3.07. The lowest BCUT2D eigenvalue weighted by Crippen LogP contribution is -2.18. The highest BCUT2D eigenvalue weighted by molar-refractivity contribution is 7.82. The summed E-state index contributed by atoms with van der Waals surface area (Å²) in [6.07, 6.45) is 2.51. The Morgan fingerprint density at radius 1 is 1.33 bits per heavy atom. The second-order valence-electron chi connectivity index (χ2n) is 3.64. The van der Waals surface area contributed by atoms with Gasteiger partial charge in [-0.3, -0.25) is 0 Å². The van der Waals surface area contributed by atoms with Gasteiger partial charge in [-0.15, -0.1) is 0 Å². The highest BCUT2D eigenvalue weighted by atomic mass is 32.1. The molecule has 0 fully saturated rings. The standard InChI is InChI=1S/C7H17SSi/c1-9(2,3)7-5-4-6-8/h6,8H,4-5,7H2,1-3H3. The average Bonchev–Trinajstić information content (AvgIpc) is 1.63. The molecule has 0 aliphatic rings. The van der Waals surface area contributed by atoms with Crippen molar-refractivity contribution in [2.45, 2.75) is 38.5 Å². The van der Waals surface area contributed by atoms with Crippen molar-refractivity contribution < 1.29 is 0 Å². The van der Waals surface area contributed by atoms with E-state index in [-0.39, 0.29) is 0 Å². The molecule has 0 rings (SSSR count). The van der Waals surface area contributed by atoms with Gasteiger partial charge in [-0.2, -0.15) is 12.6 Å². The zero-order valence-corrected chi connectivity index (χ0v) is 8.54. The Kier molecular flexibility index (Phi) is 4.67. The van der Waals surface area contributed by atoms with Gasteiger partial charge in [0.25, 0.3) is 0 Å². The molecular formula is C7H17SSi. The van der Waals surface area contributed by atoms with E-state index in [2.05, 4.69) is 32.3 Å². The Labute approximate surface area is 65.5 Å². The predicted molar refractivity (Wildman–Crippen MR) is 50.7 cm³/mol. The van der Waals surface area contributed by atoms with Gasteiger partial charge in [0.05, 0.1) is 0 Å². The Bertz CT molecular complexity index is 65.8. The number of rotatable bonds is 4. The maximum Gasteiger partial charge on any atom is 0.0442 e. The van der Waals surface area contributed by atoms with E-state index >= 15 is 0 Å². The molecule has 0 aliphatic heterocycles. The van der Waals surface area contributed by atoms with Crippen LogP contribution in [0.3, 0.4) is 0 Å². The van der Waals surface area contributed by atoms with E-state index in [4.69, 9.17) is 0 Å². The van der Waals surface area contributed by atoms with E-state index in [1.165, 1.54) is 18.9 Å². The van der Waals surface area contributed by atoms with E-state index in [0.717, 1.165) is 0 Å². The minimum absolute atomic E-state index is 0.748. The average molecular weight is 161 g/mol. The van der Waals surface area contributed by atoms with Crippen molar-refractivity contribution in [2.75, 3.05) is 0 Å². The number of thiol groups is 1. The van der Waals surface area contributed by atoms with Gasteiger partial charge in [-0.1, -0.05) is 32.1 Å². The fourth-order valence-electron chi connectivity index (χ4n) is 0.724. The molecular weight excluding hydrogens is 144 g/mol. The van der Waals surface area contributed by atoms with Crippen molar-refractivity contribution in [2.24, 2.45) is 0 Å². The quantitative estimate of drug-likeness (QED) is 0.365. The first-order valence-corrected chi connectivity index (χ1v) is 7.74. The largest absolute Gasteiger partial charge is 0.175 e. The van der Waals surface area contributed by atoms with Crippen LogP contribution in [0.4, 0.5) is 0 Å². The second kappa shape index (κ2) is 4.39. The molecule has 0 aromatic carbocycles. The van der Waals surface area contributed by atoms with Gasteiger partial charge < -0.3 is 0 Å². The molecule has 0 nitrogen and oxygen atoms in total. The maximum atomic E-state index is 4.04. The lowest BCUT2D eigenvalue weighted by molar-refractivity contribution is 0.923. The fraction of sp³-hybridized carbons (Fsp3) is 0.857. The van der Waals surface area contributed by atoms with E-state index in [1.807, 2.05) is 5.75 Å². The van der Waals surface area contributed by atoms with Gasteiger partial charge >= 0.3 is 0 Å². The Morgan fingerprint density at radius 2 is 1.89 bits per heavy atom. The summed E-state index contributed by atoms with van der Waals surface area (Å²) in [5, 5.41) is 0. The van der Waals surface area contributed by atoms with Crippen LogP contribution < -0.4 is 0 Å². The third-order valence-corrected chi connectivity index (χ3v) is 3.37. The van der Waals surface area contributed by atoms with Crippen LogP contribution >= 0.6 is 12.6 Å². The second-order valence-corrected chi connectivity index (χ2v) is 9.62. The maximum absolute atomic E-state index is 4.04. The number of unbranched alkanes of at least 4 members (excludes halogenated alkanes) is 1. The van der Waals surface area contributed by atoms with Gasteiger partial charge in [-0.25, -0.2) is 0 Å². The van der Waals surface area contributed by atoms with Crippen molar-refractivity contribution in [3.8, 4) is 0 Å². The molecule has 0 aromatic heterocycles. The fourth-order valence-corrected chi connectivity index (χ4v) is 2.17. The molecule has 0 amide bonds. The van der Waals surface area contributed by atoms with E-state index in [1.54, 1.807) is 0 Å². The van der Waals surface area contributed by atoms with Gasteiger partial charge in [0.15, 0.2) is 0 Å². The van der Waals surface area contributed by atoms with Crippen molar-refractivity contribution in [1.29, 1.82) is 0 Å². The van der Waals surface area contributed by atoms with Gasteiger partial charge in [0.2, 0.25) is 0 Å².